The third kappa shape index (κ3) is 4.17. The molecule has 0 spiro atoms. The smallest absolute Gasteiger partial charge is 0.296 e. The van der Waals surface area contributed by atoms with Crippen LogP contribution < -0.4 is 10.1 Å². The first-order chi connectivity index (χ1) is 11.1. The zero-order valence-corrected chi connectivity index (χ0v) is 12.6. The number of nitro groups is 1. The Morgan fingerprint density at radius 2 is 2.22 bits per heavy atom. The van der Waals surface area contributed by atoms with Crippen LogP contribution in [0.25, 0.3) is 0 Å². The minimum Gasteiger partial charge on any atom is -0.482 e. The van der Waals surface area contributed by atoms with Crippen molar-refractivity contribution in [3.8, 4) is 11.8 Å². The molecule has 0 bridgehead atoms. The molecular formula is C16H16N4O3. The maximum atomic E-state index is 11.2. The predicted molar refractivity (Wildman–Crippen MR) is 85.1 cm³/mol. The van der Waals surface area contributed by atoms with Crippen LogP contribution in [0, 0.1) is 21.4 Å². The molecule has 0 aliphatic rings. The van der Waals surface area contributed by atoms with Crippen molar-refractivity contribution in [3.05, 3.63) is 58.4 Å². The third-order valence-electron chi connectivity index (χ3n) is 3.15. The van der Waals surface area contributed by atoms with E-state index in [4.69, 9.17) is 10.00 Å². The van der Waals surface area contributed by atoms with E-state index in [9.17, 15) is 10.1 Å². The molecule has 2 rings (SSSR count). The molecule has 1 N–H and O–H groups in total. The van der Waals surface area contributed by atoms with Crippen LogP contribution in [0.4, 0.5) is 11.4 Å². The highest BCUT2D eigenvalue weighted by Crippen LogP contribution is 2.36. The molecule has 2 aromatic rings. The Balaban J connectivity index is 2.28. The van der Waals surface area contributed by atoms with Crippen LogP contribution >= 0.6 is 0 Å². The summed E-state index contributed by atoms with van der Waals surface area (Å²) in [5.74, 6) is 0.357. The third-order valence-corrected chi connectivity index (χ3v) is 3.15. The maximum Gasteiger partial charge on any atom is 0.296 e. The molecule has 0 amide bonds. The van der Waals surface area contributed by atoms with Gasteiger partial charge in [-0.05, 0) is 25.1 Å². The summed E-state index contributed by atoms with van der Waals surface area (Å²) in [6, 6.07) is 12.1. The lowest BCUT2D eigenvalue weighted by Crippen LogP contribution is -2.09. The van der Waals surface area contributed by atoms with Gasteiger partial charge in [0, 0.05) is 18.8 Å². The number of pyridine rings is 1. The monoisotopic (exact) mass is 312 g/mol. The van der Waals surface area contributed by atoms with Gasteiger partial charge in [0.25, 0.3) is 5.69 Å². The van der Waals surface area contributed by atoms with Gasteiger partial charge in [0.1, 0.15) is 6.10 Å². The Morgan fingerprint density at radius 1 is 1.39 bits per heavy atom. The second kappa shape index (κ2) is 7.75. The number of nitrogens with one attached hydrogen (secondary N) is 1. The molecular weight excluding hydrogens is 296 g/mol. The van der Waals surface area contributed by atoms with Gasteiger partial charge in [-0.15, -0.1) is 0 Å². The number of hydrogen-bond donors (Lipinski definition) is 1. The van der Waals surface area contributed by atoms with Crippen molar-refractivity contribution in [2.45, 2.75) is 19.4 Å². The Bertz CT molecular complexity index is 713. The number of nitrogens with zero attached hydrogens (tertiary/aromatic N) is 3. The van der Waals surface area contributed by atoms with Crippen LogP contribution in [0.15, 0.2) is 42.6 Å². The average molecular weight is 312 g/mol. The van der Waals surface area contributed by atoms with Gasteiger partial charge in [0.2, 0.25) is 0 Å². The molecule has 7 nitrogen and oxygen atoms in total. The largest absolute Gasteiger partial charge is 0.482 e. The quantitative estimate of drug-likeness (QED) is 0.477. The summed E-state index contributed by atoms with van der Waals surface area (Å²) >= 11 is 0. The van der Waals surface area contributed by atoms with Crippen molar-refractivity contribution in [1.29, 1.82) is 5.26 Å². The Hall–Kier alpha value is -3.14. The molecule has 1 aromatic carbocycles. The number of ether oxygens (including phenoxy) is 1. The van der Waals surface area contributed by atoms with E-state index in [1.54, 1.807) is 24.4 Å². The first-order valence-corrected chi connectivity index (χ1v) is 7.09. The van der Waals surface area contributed by atoms with Gasteiger partial charge >= 0.3 is 0 Å². The highest BCUT2D eigenvalue weighted by atomic mass is 16.6. The molecule has 0 radical (unpaired) electrons. The molecule has 0 saturated carbocycles. The van der Waals surface area contributed by atoms with Crippen molar-refractivity contribution in [2.75, 3.05) is 11.9 Å². The first-order valence-electron chi connectivity index (χ1n) is 7.09. The Morgan fingerprint density at radius 3 is 2.87 bits per heavy atom. The van der Waals surface area contributed by atoms with Crippen molar-refractivity contribution >= 4 is 11.4 Å². The fraction of sp³-hybridized carbons (Fsp3) is 0.250. The maximum absolute atomic E-state index is 11.2. The summed E-state index contributed by atoms with van der Waals surface area (Å²) in [4.78, 5) is 14.9. The lowest BCUT2D eigenvalue weighted by molar-refractivity contribution is -0.384. The van der Waals surface area contributed by atoms with E-state index in [2.05, 4.69) is 10.3 Å². The number of benzene rings is 1. The molecule has 0 aliphatic carbocycles. The van der Waals surface area contributed by atoms with Crippen LogP contribution in [-0.4, -0.2) is 16.5 Å². The van der Waals surface area contributed by atoms with Crippen molar-refractivity contribution < 1.29 is 9.66 Å². The molecule has 0 fully saturated rings. The van der Waals surface area contributed by atoms with Gasteiger partial charge in [0.05, 0.1) is 23.1 Å². The van der Waals surface area contributed by atoms with Crippen LogP contribution in [0.2, 0.25) is 0 Å². The number of rotatable bonds is 7. The average Bonchev–Trinajstić information content (AvgIpc) is 2.56. The zero-order chi connectivity index (χ0) is 16.7. The lowest BCUT2D eigenvalue weighted by Gasteiger charge is -2.17. The summed E-state index contributed by atoms with van der Waals surface area (Å²) < 4.78 is 5.84. The summed E-state index contributed by atoms with van der Waals surface area (Å²) in [6.07, 6.45) is 1.53. The highest BCUT2D eigenvalue weighted by Gasteiger charge is 2.20. The molecule has 1 heterocycles. The van der Waals surface area contributed by atoms with E-state index in [0.29, 0.717) is 12.3 Å². The molecule has 1 aromatic heterocycles. The van der Waals surface area contributed by atoms with Crippen LogP contribution in [0.5, 0.6) is 5.75 Å². The van der Waals surface area contributed by atoms with Gasteiger partial charge < -0.3 is 10.1 Å². The molecule has 0 aliphatic heterocycles. The number of nitriles is 1. The van der Waals surface area contributed by atoms with E-state index >= 15 is 0 Å². The summed E-state index contributed by atoms with van der Waals surface area (Å²) in [7, 11) is 0. The summed E-state index contributed by atoms with van der Waals surface area (Å²) in [6.45, 7) is 2.12. The van der Waals surface area contributed by atoms with Crippen LogP contribution in [-0.2, 0) is 0 Å². The van der Waals surface area contributed by atoms with Crippen LogP contribution in [0.1, 0.15) is 25.1 Å². The van der Waals surface area contributed by atoms with E-state index in [1.807, 2.05) is 25.1 Å². The number of nitro benzene ring substituents is 1. The highest BCUT2D eigenvalue weighted by molar-refractivity contribution is 5.70. The molecule has 1 unspecified atom stereocenters. The standard InChI is InChI=1S/C16H16N4O3/c1-12(13-6-2-3-10-18-13)23-15-8-4-7-14(20(21)22)16(15)19-11-5-9-17/h2-4,6-8,10,12,19H,5,11H2,1H3. The molecule has 118 valence electrons. The Labute approximate surface area is 133 Å². The van der Waals surface area contributed by atoms with Crippen molar-refractivity contribution in [2.24, 2.45) is 0 Å². The van der Waals surface area contributed by atoms with E-state index in [-0.39, 0.29) is 23.9 Å². The second-order valence-electron chi connectivity index (χ2n) is 4.76. The van der Waals surface area contributed by atoms with Crippen molar-refractivity contribution in [3.63, 3.8) is 0 Å². The minimum atomic E-state index is -0.479. The fourth-order valence-electron chi connectivity index (χ4n) is 2.06. The van der Waals surface area contributed by atoms with Crippen LogP contribution in [0.3, 0.4) is 0 Å². The SMILES string of the molecule is CC(Oc1cccc([N+](=O)[O-])c1NCCC#N)c1ccccn1. The van der Waals surface area contributed by atoms with Crippen molar-refractivity contribution in [1.82, 2.24) is 4.98 Å². The topological polar surface area (TPSA) is 101 Å². The second-order valence-corrected chi connectivity index (χ2v) is 4.76. The van der Waals surface area contributed by atoms with Gasteiger partial charge in [-0.2, -0.15) is 5.26 Å². The fourth-order valence-corrected chi connectivity index (χ4v) is 2.06. The molecule has 7 heteroatoms. The van der Waals surface area contributed by atoms with E-state index in [0.717, 1.165) is 5.69 Å². The van der Waals surface area contributed by atoms with Gasteiger partial charge in [-0.3, -0.25) is 15.1 Å². The number of hydrogen-bond acceptors (Lipinski definition) is 6. The first kappa shape index (κ1) is 16.2. The normalized spacial score (nSPS) is 11.3. The summed E-state index contributed by atoms with van der Waals surface area (Å²) in [5.41, 5.74) is 0.908. The minimum absolute atomic E-state index is 0.0892. The number of para-hydroxylation sites is 1. The number of anilines is 1. The molecule has 1 atom stereocenters. The van der Waals surface area contributed by atoms with E-state index in [1.165, 1.54) is 6.07 Å². The molecule has 23 heavy (non-hydrogen) atoms. The van der Waals surface area contributed by atoms with E-state index < -0.39 is 4.92 Å². The van der Waals surface area contributed by atoms with Gasteiger partial charge in [-0.25, -0.2) is 0 Å². The Kier molecular flexibility index (Phi) is 5.47. The number of aromatic nitrogens is 1. The van der Waals surface area contributed by atoms with Gasteiger partial charge in [-0.1, -0.05) is 12.1 Å². The lowest BCUT2D eigenvalue weighted by atomic mass is 10.2. The predicted octanol–water partition coefficient (Wildman–Crippen LogP) is 3.46. The molecule has 0 saturated heterocycles. The summed E-state index contributed by atoms with van der Waals surface area (Å²) in [5, 5.41) is 22.7. The van der Waals surface area contributed by atoms with Gasteiger partial charge in [0.15, 0.2) is 11.4 Å². The zero-order valence-electron chi connectivity index (χ0n) is 12.6.